The third-order valence-electron chi connectivity index (χ3n) is 4.15. The Morgan fingerprint density at radius 1 is 1.15 bits per heavy atom. The van der Waals surface area contributed by atoms with Crippen LogP contribution < -0.4 is 5.32 Å². The number of anilines is 2. The normalized spacial score (nSPS) is 17.6. The van der Waals surface area contributed by atoms with E-state index in [0.717, 1.165) is 14.5 Å². The number of nitrogens with zero attached hydrogens (tertiary/aromatic N) is 3. The molecular formula is C16H14F2N4O2S2. The van der Waals surface area contributed by atoms with Gasteiger partial charge in [-0.1, -0.05) is 0 Å². The van der Waals surface area contributed by atoms with Crippen molar-refractivity contribution in [1.29, 1.82) is 0 Å². The summed E-state index contributed by atoms with van der Waals surface area (Å²) in [5.74, 6) is -2.35. The van der Waals surface area contributed by atoms with Crippen LogP contribution in [0.25, 0.3) is 10.2 Å². The SMILES string of the molecule is O=S(=O)(c1ccc(Nc2ncnc3sccc23)cc1)N1CCC(F)(F)C1. The first-order chi connectivity index (χ1) is 12.4. The van der Waals surface area contributed by atoms with E-state index in [-0.39, 0.29) is 11.4 Å². The van der Waals surface area contributed by atoms with Crippen molar-refractivity contribution in [2.24, 2.45) is 0 Å². The van der Waals surface area contributed by atoms with Crippen LogP contribution in [-0.4, -0.2) is 41.7 Å². The Balaban J connectivity index is 1.56. The van der Waals surface area contributed by atoms with E-state index in [1.165, 1.54) is 29.8 Å². The fourth-order valence-corrected chi connectivity index (χ4v) is 5.00. The number of sulfonamides is 1. The van der Waals surface area contributed by atoms with Gasteiger partial charge in [-0.15, -0.1) is 11.3 Å². The van der Waals surface area contributed by atoms with Crippen molar-refractivity contribution < 1.29 is 17.2 Å². The Bertz CT molecular complexity index is 1050. The maximum absolute atomic E-state index is 13.3. The average molecular weight is 396 g/mol. The molecule has 136 valence electrons. The van der Waals surface area contributed by atoms with Gasteiger partial charge in [0.25, 0.3) is 5.92 Å². The maximum atomic E-state index is 13.3. The van der Waals surface area contributed by atoms with Crippen LogP contribution >= 0.6 is 11.3 Å². The standard InChI is InChI=1S/C16H14F2N4O2S2/c17-16(18)6-7-22(9-16)26(23,24)12-3-1-11(2-4-12)21-14-13-5-8-25-15(13)20-10-19-14/h1-5,8,10H,6-7,9H2,(H,19,20,21). The van der Waals surface area contributed by atoms with Gasteiger partial charge in [-0.05, 0) is 35.7 Å². The van der Waals surface area contributed by atoms with E-state index < -0.39 is 28.9 Å². The predicted molar refractivity (Wildman–Crippen MR) is 95.5 cm³/mol. The molecule has 1 aromatic carbocycles. The number of rotatable bonds is 4. The molecule has 10 heteroatoms. The fraction of sp³-hybridized carbons (Fsp3) is 0.250. The number of benzene rings is 1. The first-order valence-corrected chi connectivity index (χ1v) is 10.1. The zero-order valence-electron chi connectivity index (χ0n) is 13.4. The topological polar surface area (TPSA) is 75.2 Å². The molecular weight excluding hydrogens is 382 g/mol. The van der Waals surface area contributed by atoms with Gasteiger partial charge < -0.3 is 5.32 Å². The molecule has 6 nitrogen and oxygen atoms in total. The molecule has 4 rings (SSSR count). The molecule has 0 saturated carbocycles. The number of fused-ring (bicyclic) bond motifs is 1. The first kappa shape index (κ1) is 17.3. The second-order valence-electron chi connectivity index (χ2n) is 5.96. The van der Waals surface area contributed by atoms with Crippen LogP contribution in [0.5, 0.6) is 0 Å². The third-order valence-corrected chi connectivity index (χ3v) is 6.83. The molecule has 3 aromatic rings. The van der Waals surface area contributed by atoms with Crippen molar-refractivity contribution in [3.8, 4) is 0 Å². The highest BCUT2D eigenvalue weighted by Gasteiger charge is 2.43. The van der Waals surface area contributed by atoms with Gasteiger partial charge in [0.05, 0.1) is 16.8 Å². The maximum Gasteiger partial charge on any atom is 0.262 e. The summed E-state index contributed by atoms with van der Waals surface area (Å²) in [7, 11) is -3.92. The van der Waals surface area contributed by atoms with Crippen molar-refractivity contribution in [3.05, 3.63) is 42.0 Å². The van der Waals surface area contributed by atoms with E-state index in [0.29, 0.717) is 11.5 Å². The van der Waals surface area contributed by atoms with Crippen molar-refractivity contribution in [1.82, 2.24) is 14.3 Å². The van der Waals surface area contributed by atoms with Crippen LogP contribution in [0.3, 0.4) is 0 Å². The highest BCUT2D eigenvalue weighted by atomic mass is 32.2. The summed E-state index contributed by atoms with van der Waals surface area (Å²) in [5, 5.41) is 5.90. The zero-order valence-corrected chi connectivity index (χ0v) is 15.0. The number of nitrogens with one attached hydrogen (secondary N) is 1. The Kier molecular flexibility index (Phi) is 4.13. The largest absolute Gasteiger partial charge is 0.340 e. The van der Waals surface area contributed by atoms with E-state index in [1.54, 1.807) is 12.1 Å². The number of thiophene rings is 1. The monoisotopic (exact) mass is 396 g/mol. The molecule has 0 radical (unpaired) electrons. The van der Waals surface area contributed by atoms with Crippen LogP contribution in [0, 0.1) is 0 Å². The number of halogens is 2. The molecule has 26 heavy (non-hydrogen) atoms. The van der Waals surface area contributed by atoms with Crippen molar-refractivity contribution in [2.75, 3.05) is 18.4 Å². The van der Waals surface area contributed by atoms with Crippen LogP contribution in [0.15, 0.2) is 46.9 Å². The van der Waals surface area contributed by atoms with Gasteiger partial charge in [0, 0.05) is 18.7 Å². The highest BCUT2D eigenvalue weighted by Crippen LogP contribution is 2.32. The Hall–Kier alpha value is -2.17. The quantitative estimate of drug-likeness (QED) is 0.731. The Morgan fingerprint density at radius 3 is 2.62 bits per heavy atom. The molecule has 1 aliphatic heterocycles. The lowest BCUT2D eigenvalue weighted by Crippen LogP contribution is -2.31. The molecule has 3 heterocycles. The summed E-state index contributed by atoms with van der Waals surface area (Å²) >= 11 is 1.49. The zero-order chi connectivity index (χ0) is 18.4. The molecule has 1 fully saturated rings. The predicted octanol–water partition coefficient (Wildman–Crippen LogP) is 3.46. The van der Waals surface area contributed by atoms with Gasteiger partial charge in [-0.2, -0.15) is 4.31 Å². The molecule has 0 aliphatic carbocycles. The van der Waals surface area contributed by atoms with Crippen LogP contribution in [-0.2, 0) is 10.0 Å². The lowest BCUT2D eigenvalue weighted by Gasteiger charge is -2.16. The molecule has 1 N–H and O–H groups in total. The average Bonchev–Trinajstić information content (AvgIpc) is 3.22. The summed E-state index contributed by atoms with van der Waals surface area (Å²) < 4.78 is 52.4. The minimum atomic E-state index is -3.92. The fourth-order valence-electron chi connectivity index (χ4n) is 2.80. The molecule has 2 aromatic heterocycles. The lowest BCUT2D eigenvalue weighted by atomic mass is 10.3. The number of hydrogen-bond acceptors (Lipinski definition) is 6. The first-order valence-electron chi connectivity index (χ1n) is 7.78. The summed E-state index contributed by atoms with van der Waals surface area (Å²) in [4.78, 5) is 9.20. The van der Waals surface area contributed by atoms with Gasteiger partial charge in [0.15, 0.2) is 0 Å². The summed E-state index contributed by atoms with van der Waals surface area (Å²) in [5.41, 5.74) is 0.641. The lowest BCUT2D eigenvalue weighted by molar-refractivity contribution is 0.0183. The van der Waals surface area contributed by atoms with Gasteiger partial charge in [0.1, 0.15) is 17.0 Å². The van der Waals surface area contributed by atoms with Crippen molar-refractivity contribution in [3.63, 3.8) is 0 Å². The minimum absolute atomic E-state index is 0.0101. The van der Waals surface area contributed by atoms with E-state index in [2.05, 4.69) is 15.3 Å². The van der Waals surface area contributed by atoms with Crippen LogP contribution in [0.2, 0.25) is 0 Å². The Morgan fingerprint density at radius 2 is 1.92 bits per heavy atom. The van der Waals surface area contributed by atoms with Gasteiger partial charge in [-0.25, -0.2) is 27.2 Å². The molecule has 0 spiro atoms. The van der Waals surface area contributed by atoms with Gasteiger partial charge >= 0.3 is 0 Å². The van der Waals surface area contributed by atoms with E-state index in [1.807, 2.05) is 11.4 Å². The summed E-state index contributed by atoms with van der Waals surface area (Å²) in [6.07, 6.45) is 1.00. The molecule has 1 saturated heterocycles. The van der Waals surface area contributed by atoms with Crippen molar-refractivity contribution >= 4 is 43.1 Å². The molecule has 0 amide bonds. The summed E-state index contributed by atoms with van der Waals surface area (Å²) in [6.45, 7) is -0.946. The van der Waals surface area contributed by atoms with Gasteiger partial charge in [0.2, 0.25) is 10.0 Å². The molecule has 0 bridgehead atoms. The third kappa shape index (κ3) is 3.15. The van der Waals surface area contributed by atoms with Gasteiger partial charge in [-0.3, -0.25) is 0 Å². The number of aromatic nitrogens is 2. The second kappa shape index (κ2) is 6.22. The smallest absolute Gasteiger partial charge is 0.262 e. The van der Waals surface area contributed by atoms with Crippen LogP contribution in [0.4, 0.5) is 20.3 Å². The molecule has 0 unspecified atom stereocenters. The number of hydrogen-bond donors (Lipinski definition) is 1. The Labute approximate surface area is 152 Å². The second-order valence-corrected chi connectivity index (χ2v) is 8.79. The molecule has 1 aliphatic rings. The van der Waals surface area contributed by atoms with Crippen molar-refractivity contribution in [2.45, 2.75) is 17.2 Å². The van der Waals surface area contributed by atoms with E-state index in [4.69, 9.17) is 0 Å². The summed E-state index contributed by atoms with van der Waals surface area (Å²) in [6, 6.07) is 7.87. The van der Waals surface area contributed by atoms with E-state index in [9.17, 15) is 17.2 Å². The molecule has 0 atom stereocenters. The minimum Gasteiger partial charge on any atom is -0.340 e. The van der Waals surface area contributed by atoms with E-state index >= 15 is 0 Å². The highest BCUT2D eigenvalue weighted by molar-refractivity contribution is 7.89. The van der Waals surface area contributed by atoms with Crippen LogP contribution in [0.1, 0.15) is 6.42 Å². The number of alkyl halides is 2.